The molecule has 0 saturated carbocycles. The van der Waals surface area contributed by atoms with Crippen LogP contribution in [0.1, 0.15) is 20.8 Å². The van der Waals surface area contributed by atoms with E-state index in [1.807, 2.05) is 20.8 Å². The van der Waals surface area contributed by atoms with Crippen LogP contribution >= 0.6 is 15.9 Å². The van der Waals surface area contributed by atoms with E-state index in [0.717, 1.165) is 0 Å². The summed E-state index contributed by atoms with van der Waals surface area (Å²) in [6.45, 7) is 5.77. The number of sulfonamides is 1. The molecule has 96 valence electrons. The topological polar surface area (TPSA) is 72.2 Å². The standard InChI is InChI=1S/C11H17BrN2O2S/c1-7(2)8(3)14-17(15,16)11-5-4-9(13)6-10(11)12/h4-8,14H,13H2,1-3H3. The first-order chi connectivity index (χ1) is 7.74. The zero-order valence-corrected chi connectivity index (χ0v) is 12.5. The van der Waals surface area contributed by atoms with E-state index in [2.05, 4.69) is 20.7 Å². The van der Waals surface area contributed by atoms with Gasteiger partial charge in [-0.15, -0.1) is 0 Å². The molecule has 3 N–H and O–H groups in total. The van der Waals surface area contributed by atoms with Crippen LogP contribution < -0.4 is 10.5 Å². The Morgan fingerprint density at radius 2 is 1.88 bits per heavy atom. The van der Waals surface area contributed by atoms with E-state index in [1.54, 1.807) is 12.1 Å². The van der Waals surface area contributed by atoms with Gasteiger partial charge in [-0.25, -0.2) is 13.1 Å². The molecule has 17 heavy (non-hydrogen) atoms. The van der Waals surface area contributed by atoms with Crippen molar-refractivity contribution in [3.8, 4) is 0 Å². The number of hydrogen-bond donors (Lipinski definition) is 2. The first-order valence-corrected chi connectivity index (χ1v) is 7.59. The zero-order chi connectivity index (χ0) is 13.2. The van der Waals surface area contributed by atoms with Crippen molar-refractivity contribution in [2.45, 2.75) is 31.7 Å². The minimum atomic E-state index is -3.50. The monoisotopic (exact) mass is 320 g/mol. The molecule has 0 saturated heterocycles. The van der Waals surface area contributed by atoms with Crippen molar-refractivity contribution in [2.24, 2.45) is 5.92 Å². The molecule has 0 bridgehead atoms. The maximum Gasteiger partial charge on any atom is 0.241 e. The Bertz CT molecular complexity index is 500. The van der Waals surface area contributed by atoms with Gasteiger partial charge in [-0.1, -0.05) is 13.8 Å². The molecule has 1 atom stereocenters. The molecule has 1 aromatic rings. The molecule has 1 rings (SSSR count). The summed E-state index contributed by atoms with van der Waals surface area (Å²) >= 11 is 3.21. The largest absolute Gasteiger partial charge is 0.399 e. The molecule has 0 aliphatic carbocycles. The Morgan fingerprint density at radius 3 is 2.35 bits per heavy atom. The van der Waals surface area contributed by atoms with Crippen molar-refractivity contribution in [1.29, 1.82) is 0 Å². The average molecular weight is 321 g/mol. The second-order valence-electron chi connectivity index (χ2n) is 4.34. The molecule has 0 radical (unpaired) electrons. The fraction of sp³-hybridized carbons (Fsp3) is 0.455. The van der Waals surface area contributed by atoms with Crippen LogP contribution in [0.2, 0.25) is 0 Å². The Morgan fingerprint density at radius 1 is 1.29 bits per heavy atom. The van der Waals surface area contributed by atoms with Gasteiger partial charge in [0.25, 0.3) is 0 Å². The number of rotatable bonds is 4. The highest BCUT2D eigenvalue weighted by molar-refractivity contribution is 9.10. The highest BCUT2D eigenvalue weighted by Crippen LogP contribution is 2.24. The summed E-state index contributed by atoms with van der Waals surface area (Å²) in [4.78, 5) is 0.208. The molecule has 0 aliphatic heterocycles. The number of nitrogen functional groups attached to an aromatic ring is 1. The molecule has 0 amide bonds. The van der Waals surface area contributed by atoms with Gasteiger partial charge in [-0.05, 0) is 47.0 Å². The van der Waals surface area contributed by atoms with Crippen LogP contribution in [-0.4, -0.2) is 14.5 Å². The lowest BCUT2D eigenvalue weighted by Crippen LogP contribution is -2.36. The van der Waals surface area contributed by atoms with Crippen molar-refractivity contribution in [1.82, 2.24) is 4.72 Å². The summed E-state index contributed by atoms with van der Waals surface area (Å²) in [7, 11) is -3.50. The van der Waals surface area contributed by atoms with Gasteiger partial charge in [-0.3, -0.25) is 0 Å². The van der Waals surface area contributed by atoms with Crippen LogP contribution in [0.15, 0.2) is 27.6 Å². The van der Waals surface area contributed by atoms with Gasteiger partial charge < -0.3 is 5.73 Å². The van der Waals surface area contributed by atoms with E-state index in [0.29, 0.717) is 10.2 Å². The number of nitrogens with one attached hydrogen (secondary N) is 1. The van der Waals surface area contributed by atoms with Crippen molar-refractivity contribution >= 4 is 31.6 Å². The fourth-order valence-corrected chi connectivity index (χ4v) is 3.67. The molecular formula is C11H17BrN2O2S. The second kappa shape index (κ2) is 5.37. The molecule has 6 heteroatoms. The van der Waals surface area contributed by atoms with Gasteiger partial charge >= 0.3 is 0 Å². The van der Waals surface area contributed by atoms with Crippen LogP contribution in [0.25, 0.3) is 0 Å². The smallest absolute Gasteiger partial charge is 0.241 e. The van der Waals surface area contributed by atoms with Gasteiger partial charge in [0.05, 0.1) is 4.90 Å². The third-order valence-corrected chi connectivity index (χ3v) is 5.12. The zero-order valence-electron chi connectivity index (χ0n) is 10.1. The molecule has 0 aliphatic rings. The normalized spacial score (nSPS) is 13.9. The first-order valence-electron chi connectivity index (χ1n) is 5.31. The Hall–Kier alpha value is -0.590. The molecule has 4 nitrogen and oxygen atoms in total. The summed E-state index contributed by atoms with van der Waals surface area (Å²) in [6.07, 6.45) is 0. The van der Waals surface area contributed by atoms with E-state index in [-0.39, 0.29) is 16.9 Å². The van der Waals surface area contributed by atoms with E-state index in [9.17, 15) is 8.42 Å². The minimum Gasteiger partial charge on any atom is -0.399 e. The van der Waals surface area contributed by atoms with Crippen molar-refractivity contribution in [3.63, 3.8) is 0 Å². The number of benzene rings is 1. The molecule has 0 aromatic heterocycles. The van der Waals surface area contributed by atoms with Gasteiger partial charge in [0.2, 0.25) is 10.0 Å². The summed E-state index contributed by atoms with van der Waals surface area (Å²) in [6, 6.07) is 4.52. The predicted octanol–water partition coefficient (Wildman–Crippen LogP) is 2.35. The van der Waals surface area contributed by atoms with Gasteiger partial charge in [0.15, 0.2) is 0 Å². The van der Waals surface area contributed by atoms with Crippen LogP contribution in [0.5, 0.6) is 0 Å². The maximum absolute atomic E-state index is 12.1. The van der Waals surface area contributed by atoms with Crippen LogP contribution in [0, 0.1) is 5.92 Å². The van der Waals surface area contributed by atoms with Crippen LogP contribution in [0.4, 0.5) is 5.69 Å². The lowest BCUT2D eigenvalue weighted by atomic mass is 10.1. The maximum atomic E-state index is 12.1. The fourth-order valence-electron chi connectivity index (χ4n) is 1.18. The number of halogens is 1. The Kier molecular flexibility index (Phi) is 4.57. The van der Waals surface area contributed by atoms with Gasteiger partial charge in [-0.2, -0.15) is 0 Å². The SMILES string of the molecule is CC(C)C(C)NS(=O)(=O)c1ccc(N)cc1Br. The van der Waals surface area contributed by atoms with Gasteiger partial charge in [0.1, 0.15) is 0 Å². The molecule has 0 spiro atoms. The van der Waals surface area contributed by atoms with Gasteiger partial charge in [0, 0.05) is 16.2 Å². The van der Waals surface area contributed by atoms with Crippen LogP contribution in [-0.2, 0) is 10.0 Å². The lowest BCUT2D eigenvalue weighted by molar-refractivity contribution is 0.476. The number of nitrogens with two attached hydrogens (primary N) is 1. The summed E-state index contributed by atoms with van der Waals surface area (Å²) in [5.41, 5.74) is 6.10. The highest BCUT2D eigenvalue weighted by atomic mass is 79.9. The van der Waals surface area contributed by atoms with E-state index in [4.69, 9.17) is 5.73 Å². The van der Waals surface area contributed by atoms with Crippen LogP contribution in [0.3, 0.4) is 0 Å². The average Bonchev–Trinajstić information content (AvgIpc) is 2.15. The van der Waals surface area contributed by atoms with E-state index < -0.39 is 10.0 Å². The Labute approximate surface area is 111 Å². The lowest BCUT2D eigenvalue weighted by Gasteiger charge is -2.18. The summed E-state index contributed by atoms with van der Waals surface area (Å²) in [5.74, 6) is 0.234. The molecule has 0 heterocycles. The van der Waals surface area contributed by atoms with E-state index in [1.165, 1.54) is 6.07 Å². The molecule has 0 fully saturated rings. The summed E-state index contributed by atoms with van der Waals surface area (Å²) in [5, 5.41) is 0. The number of hydrogen-bond acceptors (Lipinski definition) is 3. The molecule has 1 unspecified atom stereocenters. The minimum absolute atomic E-state index is 0.121. The third kappa shape index (κ3) is 3.69. The quantitative estimate of drug-likeness (QED) is 0.836. The van der Waals surface area contributed by atoms with Crippen molar-refractivity contribution in [3.05, 3.63) is 22.7 Å². The first kappa shape index (κ1) is 14.5. The molecule has 1 aromatic carbocycles. The van der Waals surface area contributed by atoms with Crippen molar-refractivity contribution in [2.75, 3.05) is 5.73 Å². The predicted molar refractivity (Wildman–Crippen MR) is 73.2 cm³/mol. The molecular weight excluding hydrogens is 304 g/mol. The third-order valence-electron chi connectivity index (χ3n) is 2.59. The number of anilines is 1. The van der Waals surface area contributed by atoms with Crippen molar-refractivity contribution < 1.29 is 8.42 Å². The van der Waals surface area contributed by atoms with E-state index >= 15 is 0 Å². The summed E-state index contributed by atoms with van der Waals surface area (Å²) < 4.78 is 27.3. The highest BCUT2D eigenvalue weighted by Gasteiger charge is 2.21. The second-order valence-corrected chi connectivity index (χ2v) is 6.88. The Balaban J connectivity index is 3.06.